The molecule has 112 valence electrons. The molecule has 0 bridgehead atoms. The molecule has 1 rings (SSSR count). The van der Waals surface area contributed by atoms with Crippen LogP contribution in [0, 0.1) is 0 Å². The van der Waals surface area contributed by atoms with Gasteiger partial charge in [0.25, 0.3) is 0 Å². The number of hydrogen-bond donors (Lipinski definition) is 2. The smallest absolute Gasteiger partial charge is 0.237 e. The Hall–Kier alpha value is -1.00. The van der Waals surface area contributed by atoms with Gasteiger partial charge in [-0.15, -0.1) is 11.8 Å². The number of amides is 1. The molecule has 0 aromatic heterocycles. The van der Waals surface area contributed by atoms with Crippen LogP contribution in [-0.4, -0.2) is 23.5 Å². The van der Waals surface area contributed by atoms with E-state index in [2.05, 4.69) is 30.5 Å². The van der Waals surface area contributed by atoms with Crippen molar-refractivity contribution in [1.82, 2.24) is 5.32 Å². The summed E-state index contributed by atoms with van der Waals surface area (Å²) in [7, 11) is 0. The van der Waals surface area contributed by atoms with Crippen LogP contribution in [-0.2, 0) is 11.3 Å². The maximum atomic E-state index is 12.1. The number of nitrogens with one attached hydrogen (secondary N) is 2. The second kappa shape index (κ2) is 9.83. The minimum atomic E-state index is -0.000951. The second-order valence-corrected chi connectivity index (χ2v) is 6.29. The molecule has 0 aliphatic rings. The van der Waals surface area contributed by atoms with E-state index in [1.165, 1.54) is 18.4 Å². The predicted molar refractivity (Wildman–Crippen MR) is 89.3 cm³/mol. The van der Waals surface area contributed by atoms with E-state index in [0.29, 0.717) is 0 Å². The zero-order chi connectivity index (χ0) is 14.8. The van der Waals surface area contributed by atoms with E-state index in [1.54, 1.807) is 11.8 Å². The zero-order valence-electron chi connectivity index (χ0n) is 12.7. The normalized spacial score (nSPS) is 12.2. The summed E-state index contributed by atoms with van der Waals surface area (Å²) in [6, 6.07) is 8.02. The van der Waals surface area contributed by atoms with E-state index >= 15 is 0 Å². The summed E-state index contributed by atoms with van der Waals surface area (Å²) in [5.74, 6) is 1.14. The molecule has 0 radical (unpaired) electrons. The van der Waals surface area contributed by atoms with Crippen molar-refractivity contribution in [3.8, 4) is 0 Å². The Morgan fingerprint density at radius 2 is 2.15 bits per heavy atom. The first-order chi connectivity index (χ1) is 9.67. The lowest BCUT2D eigenvalue weighted by Crippen LogP contribution is -2.23. The van der Waals surface area contributed by atoms with Crippen LogP contribution >= 0.6 is 11.8 Å². The van der Waals surface area contributed by atoms with Crippen molar-refractivity contribution in [3.05, 3.63) is 29.8 Å². The lowest BCUT2D eigenvalue weighted by atomic mass is 10.2. The van der Waals surface area contributed by atoms with Gasteiger partial charge in [0.2, 0.25) is 5.91 Å². The van der Waals surface area contributed by atoms with Gasteiger partial charge in [-0.05, 0) is 43.3 Å². The molecule has 2 N–H and O–H groups in total. The summed E-state index contributed by atoms with van der Waals surface area (Å²) in [6.45, 7) is 8.00. The van der Waals surface area contributed by atoms with Crippen molar-refractivity contribution in [1.29, 1.82) is 0 Å². The summed E-state index contributed by atoms with van der Waals surface area (Å²) in [5, 5.41) is 6.28. The van der Waals surface area contributed by atoms with Crippen LogP contribution in [0.25, 0.3) is 0 Å². The largest absolute Gasteiger partial charge is 0.325 e. The summed E-state index contributed by atoms with van der Waals surface area (Å²) < 4.78 is 0. The minimum Gasteiger partial charge on any atom is -0.325 e. The molecule has 4 heteroatoms. The van der Waals surface area contributed by atoms with Crippen molar-refractivity contribution in [3.63, 3.8) is 0 Å². The summed E-state index contributed by atoms with van der Waals surface area (Å²) in [4.78, 5) is 12.1. The lowest BCUT2D eigenvalue weighted by molar-refractivity contribution is -0.115. The molecule has 0 saturated carbocycles. The average Bonchev–Trinajstić information content (AvgIpc) is 2.45. The van der Waals surface area contributed by atoms with E-state index in [1.807, 2.05) is 25.1 Å². The van der Waals surface area contributed by atoms with Gasteiger partial charge in [-0.3, -0.25) is 4.79 Å². The fraction of sp³-hybridized carbons (Fsp3) is 0.562. The van der Waals surface area contributed by atoms with E-state index < -0.39 is 0 Å². The first-order valence-corrected chi connectivity index (χ1v) is 8.44. The molecule has 1 amide bonds. The van der Waals surface area contributed by atoms with Gasteiger partial charge in [0.1, 0.15) is 0 Å². The Morgan fingerprint density at radius 1 is 1.35 bits per heavy atom. The number of hydrogen-bond acceptors (Lipinski definition) is 3. The lowest BCUT2D eigenvalue weighted by Gasteiger charge is -2.12. The maximum Gasteiger partial charge on any atom is 0.237 e. The van der Waals surface area contributed by atoms with Gasteiger partial charge >= 0.3 is 0 Å². The summed E-state index contributed by atoms with van der Waals surface area (Å²) in [5.41, 5.74) is 2.07. The van der Waals surface area contributed by atoms with E-state index in [0.717, 1.165) is 24.5 Å². The molecule has 1 atom stereocenters. The SMILES string of the molecule is CCCCSC(C)C(=O)Nc1cccc(CNCC)c1. The standard InChI is InChI=1S/C16H26N2OS/c1-4-6-10-20-13(3)16(19)18-15-9-7-8-14(11-15)12-17-5-2/h7-9,11,13,17H,4-6,10,12H2,1-3H3,(H,18,19). The third kappa shape index (κ3) is 6.44. The summed E-state index contributed by atoms with van der Waals surface area (Å²) in [6.07, 6.45) is 2.34. The van der Waals surface area contributed by atoms with E-state index in [9.17, 15) is 4.79 Å². The molecule has 1 aromatic carbocycles. The molecular weight excluding hydrogens is 268 g/mol. The van der Waals surface area contributed by atoms with Crippen molar-refractivity contribution in [2.45, 2.75) is 45.4 Å². The first-order valence-electron chi connectivity index (χ1n) is 7.39. The Kier molecular flexibility index (Phi) is 8.38. The highest BCUT2D eigenvalue weighted by atomic mass is 32.2. The number of carbonyl (C=O) groups excluding carboxylic acids is 1. The molecule has 0 aliphatic heterocycles. The van der Waals surface area contributed by atoms with Gasteiger partial charge in [-0.1, -0.05) is 32.4 Å². The Bertz CT molecular complexity index is 409. The zero-order valence-corrected chi connectivity index (χ0v) is 13.6. The fourth-order valence-electron chi connectivity index (χ4n) is 1.75. The van der Waals surface area contributed by atoms with Crippen LogP contribution < -0.4 is 10.6 Å². The van der Waals surface area contributed by atoms with Gasteiger partial charge in [0, 0.05) is 12.2 Å². The molecule has 0 fully saturated rings. The minimum absolute atomic E-state index is 0.000951. The molecule has 1 aromatic rings. The number of benzene rings is 1. The van der Waals surface area contributed by atoms with Crippen LogP contribution in [0.5, 0.6) is 0 Å². The third-order valence-corrected chi connectivity index (χ3v) is 4.25. The molecule has 0 aliphatic carbocycles. The average molecular weight is 294 g/mol. The number of carbonyl (C=O) groups is 1. The van der Waals surface area contributed by atoms with Gasteiger partial charge in [0.05, 0.1) is 5.25 Å². The monoisotopic (exact) mass is 294 g/mol. The predicted octanol–water partition coefficient (Wildman–Crippen LogP) is 3.66. The Balaban J connectivity index is 2.48. The Labute approximate surface area is 126 Å². The molecule has 0 heterocycles. The number of rotatable bonds is 9. The first kappa shape index (κ1) is 17.1. The summed E-state index contributed by atoms with van der Waals surface area (Å²) >= 11 is 1.72. The molecular formula is C16H26N2OS. The number of thioether (sulfide) groups is 1. The van der Waals surface area contributed by atoms with Crippen molar-refractivity contribution >= 4 is 23.4 Å². The van der Waals surface area contributed by atoms with Gasteiger partial charge in [-0.25, -0.2) is 0 Å². The fourth-order valence-corrected chi connectivity index (χ4v) is 2.77. The van der Waals surface area contributed by atoms with Crippen LogP contribution in [0.1, 0.15) is 39.2 Å². The quantitative estimate of drug-likeness (QED) is 0.683. The topological polar surface area (TPSA) is 41.1 Å². The second-order valence-electron chi connectivity index (χ2n) is 4.84. The molecule has 20 heavy (non-hydrogen) atoms. The molecule has 0 spiro atoms. The van der Waals surface area contributed by atoms with Crippen LogP contribution in [0.15, 0.2) is 24.3 Å². The number of anilines is 1. The molecule has 0 saturated heterocycles. The van der Waals surface area contributed by atoms with E-state index in [4.69, 9.17) is 0 Å². The van der Waals surface area contributed by atoms with Crippen LogP contribution in [0.2, 0.25) is 0 Å². The van der Waals surface area contributed by atoms with Gasteiger partial charge < -0.3 is 10.6 Å². The highest BCUT2D eigenvalue weighted by Crippen LogP contribution is 2.16. The third-order valence-electron chi connectivity index (χ3n) is 3.01. The highest BCUT2D eigenvalue weighted by Gasteiger charge is 2.13. The van der Waals surface area contributed by atoms with E-state index in [-0.39, 0.29) is 11.2 Å². The van der Waals surface area contributed by atoms with Gasteiger partial charge in [-0.2, -0.15) is 0 Å². The van der Waals surface area contributed by atoms with Crippen molar-refractivity contribution < 1.29 is 4.79 Å². The van der Waals surface area contributed by atoms with Gasteiger partial charge in [0.15, 0.2) is 0 Å². The number of unbranched alkanes of at least 4 members (excludes halogenated alkanes) is 1. The van der Waals surface area contributed by atoms with Crippen molar-refractivity contribution in [2.24, 2.45) is 0 Å². The highest BCUT2D eigenvalue weighted by molar-refractivity contribution is 8.00. The molecule has 3 nitrogen and oxygen atoms in total. The maximum absolute atomic E-state index is 12.1. The Morgan fingerprint density at radius 3 is 2.85 bits per heavy atom. The van der Waals surface area contributed by atoms with Crippen LogP contribution in [0.4, 0.5) is 5.69 Å². The van der Waals surface area contributed by atoms with Crippen LogP contribution in [0.3, 0.4) is 0 Å². The molecule has 1 unspecified atom stereocenters. The van der Waals surface area contributed by atoms with Crippen molar-refractivity contribution in [2.75, 3.05) is 17.6 Å².